The Labute approximate surface area is 151 Å². The highest BCUT2D eigenvalue weighted by molar-refractivity contribution is 6.30. The van der Waals surface area contributed by atoms with Gasteiger partial charge in [0.2, 0.25) is 0 Å². The molecule has 0 spiro atoms. The molecular weight excluding hydrogens is 336 g/mol. The van der Waals surface area contributed by atoms with Gasteiger partial charge in [0.25, 0.3) is 0 Å². The molecule has 2 amide bonds. The van der Waals surface area contributed by atoms with Crippen molar-refractivity contribution < 1.29 is 4.79 Å². The molecule has 128 valence electrons. The van der Waals surface area contributed by atoms with Gasteiger partial charge in [-0.2, -0.15) is 0 Å². The quantitative estimate of drug-likeness (QED) is 0.814. The fourth-order valence-corrected chi connectivity index (χ4v) is 2.90. The summed E-state index contributed by atoms with van der Waals surface area (Å²) in [5, 5.41) is 6.28. The lowest BCUT2D eigenvalue weighted by atomic mass is 9.93. The molecule has 0 saturated heterocycles. The first-order valence-electron chi connectivity index (χ1n) is 8.11. The summed E-state index contributed by atoms with van der Waals surface area (Å²) in [5.41, 5.74) is 3.33. The number of halogens is 1. The van der Waals surface area contributed by atoms with E-state index in [9.17, 15) is 4.79 Å². The van der Waals surface area contributed by atoms with Crippen LogP contribution < -0.4 is 10.6 Å². The molecule has 25 heavy (non-hydrogen) atoms. The number of urea groups is 1. The first kappa shape index (κ1) is 17.2. The lowest BCUT2D eigenvalue weighted by Crippen LogP contribution is -2.43. The van der Waals surface area contributed by atoms with Gasteiger partial charge in [0.05, 0.1) is 17.3 Å². The molecule has 1 aliphatic rings. The summed E-state index contributed by atoms with van der Waals surface area (Å²) in [6.07, 6.45) is 0. The van der Waals surface area contributed by atoms with Gasteiger partial charge in [-0.15, -0.1) is 0 Å². The zero-order chi connectivity index (χ0) is 17.8. The van der Waals surface area contributed by atoms with Crippen LogP contribution in [0, 0.1) is 0 Å². The average molecular weight is 355 g/mol. The number of hydrogen-bond acceptors (Lipinski definition) is 3. The van der Waals surface area contributed by atoms with E-state index in [-0.39, 0.29) is 11.9 Å². The molecule has 2 N–H and O–H groups in total. The maximum atomic E-state index is 12.1. The van der Waals surface area contributed by atoms with E-state index in [0.29, 0.717) is 17.4 Å². The van der Waals surface area contributed by atoms with Gasteiger partial charge >= 0.3 is 6.03 Å². The monoisotopic (exact) mass is 354 g/mol. The van der Waals surface area contributed by atoms with E-state index in [2.05, 4.69) is 15.6 Å². The Bertz CT molecular complexity index is 843. The second-order valence-electron chi connectivity index (χ2n) is 5.71. The van der Waals surface area contributed by atoms with E-state index in [1.54, 1.807) is 0 Å². The smallest absolute Gasteiger partial charge is 0.320 e. The van der Waals surface area contributed by atoms with Crippen molar-refractivity contribution in [3.63, 3.8) is 0 Å². The van der Waals surface area contributed by atoms with E-state index >= 15 is 0 Å². The van der Waals surface area contributed by atoms with Gasteiger partial charge in [-0.25, -0.2) is 9.79 Å². The molecule has 3 rings (SSSR count). The second kappa shape index (κ2) is 7.49. The van der Waals surface area contributed by atoms with Crippen LogP contribution in [0.5, 0.6) is 0 Å². The zero-order valence-electron chi connectivity index (χ0n) is 14.1. The second-order valence-corrected chi connectivity index (χ2v) is 6.14. The number of rotatable bonds is 2. The van der Waals surface area contributed by atoms with Gasteiger partial charge in [0.1, 0.15) is 5.84 Å². The highest BCUT2D eigenvalue weighted by Crippen LogP contribution is 2.34. The van der Waals surface area contributed by atoms with Crippen LogP contribution in [0.4, 0.5) is 16.2 Å². The van der Waals surface area contributed by atoms with Crippen LogP contribution >= 0.6 is 11.6 Å². The van der Waals surface area contributed by atoms with Crippen molar-refractivity contribution in [1.82, 2.24) is 10.6 Å². The Morgan fingerprint density at radius 2 is 1.72 bits per heavy atom. The number of para-hydroxylation sites is 2. The van der Waals surface area contributed by atoms with Crippen LogP contribution in [0.15, 0.2) is 58.5 Å². The molecule has 2 aromatic carbocycles. The van der Waals surface area contributed by atoms with Gasteiger partial charge in [-0.1, -0.05) is 35.9 Å². The van der Waals surface area contributed by atoms with Crippen molar-refractivity contribution in [3.05, 3.63) is 59.1 Å². The standard InChI is InChI=1S/C19H19ClN4O/c1-3-21-19(25)24-18-17(13-8-10-14(20)11-9-13)12(2)22-15-6-4-5-7-16(15)23-18/h4-11,17H,3H2,1-2H3,(H2,21,23,24,25). The number of carbonyl (C=O) groups is 1. The van der Waals surface area contributed by atoms with Crippen LogP contribution in [0.25, 0.3) is 0 Å². The topological polar surface area (TPSA) is 65.8 Å². The lowest BCUT2D eigenvalue weighted by Gasteiger charge is -2.19. The van der Waals surface area contributed by atoms with E-state index < -0.39 is 0 Å². The number of nitrogens with zero attached hydrogens (tertiary/aromatic N) is 2. The third kappa shape index (κ3) is 3.88. The molecule has 0 saturated carbocycles. The maximum absolute atomic E-state index is 12.1. The van der Waals surface area contributed by atoms with Crippen LogP contribution in [-0.2, 0) is 0 Å². The summed E-state index contributed by atoms with van der Waals surface area (Å²) >= 11 is 6.01. The van der Waals surface area contributed by atoms with Crippen molar-refractivity contribution in [2.24, 2.45) is 9.98 Å². The van der Waals surface area contributed by atoms with Crippen molar-refractivity contribution >= 4 is 40.6 Å². The molecule has 6 heteroatoms. The van der Waals surface area contributed by atoms with E-state index in [0.717, 1.165) is 22.6 Å². The van der Waals surface area contributed by atoms with E-state index in [4.69, 9.17) is 16.6 Å². The molecule has 0 radical (unpaired) electrons. The van der Waals surface area contributed by atoms with Crippen LogP contribution in [0.3, 0.4) is 0 Å². The fraction of sp³-hybridized carbons (Fsp3) is 0.211. The number of aliphatic imine (C=N–C) groups is 2. The van der Waals surface area contributed by atoms with Crippen molar-refractivity contribution in [2.45, 2.75) is 19.8 Å². The van der Waals surface area contributed by atoms with Gasteiger partial charge in [-0.05, 0) is 43.7 Å². The third-order valence-corrected chi connectivity index (χ3v) is 4.14. The Balaban J connectivity index is 2.09. The number of amides is 2. The number of nitrogens with one attached hydrogen (secondary N) is 2. The number of carbonyl (C=O) groups excluding carboxylic acids is 1. The first-order valence-corrected chi connectivity index (χ1v) is 8.49. The molecule has 1 heterocycles. The summed E-state index contributed by atoms with van der Waals surface area (Å²) < 4.78 is 0. The zero-order valence-corrected chi connectivity index (χ0v) is 14.8. The summed E-state index contributed by atoms with van der Waals surface area (Å²) in [6.45, 7) is 4.35. The Hall–Kier alpha value is -2.66. The molecule has 0 aliphatic carbocycles. The van der Waals surface area contributed by atoms with Gasteiger partial charge < -0.3 is 5.32 Å². The highest BCUT2D eigenvalue weighted by Gasteiger charge is 2.26. The molecule has 0 bridgehead atoms. The van der Waals surface area contributed by atoms with Gasteiger partial charge in [0.15, 0.2) is 0 Å². The molecule has 1 atom stereocenters. The lowest BCUT2D eigenvalue weighted by molar-refractivity contribution is 0.245. The van der Waals surface area contributed by atoms with Crippen LogP contribution in [-0.4, -0.2) is 24.1 Å². The molecular formula is C19H19ClN4O. The summed E-state index contributed by atoms with van der Waals surface area (Å²) in [5.74, 6) is 0.284. The largest absolute Gasteiger partial charge is 0.338 e. The minimum absolute atomic E-state index is 0.257. The van der Waals surface area contributed by atoms with Crippen molar-refractivity contribution in [2.75, 3.05) is 6.54 Å². The van der Waals surface area contributed by atoms with Crippen molar-refractivity contribution in [1.29, 1.82) is 0 Å². The predicted octanol–water partition coefficient (Wildman–Crippen LogP) is 4.58. The molecule has 2 aromatic rings. The maximum Gasteiger partial charge on any atom is 0.320 e. The first-order chi connectivity index (χ1) is 12.1. The minimum Gasteiger partial charge on any atom is -0.338 e. The summed E-state index contributed by atoms with van der Waals surface area (Å²) in [6, 6.07) is 14.8. The Morgan fingerprint density at radius 3 is 2.36 bits per heavy atom. The van der Waals surface area contributed by atoms with E-state index in [1.165, 1.54) is 0 Å². The fourth-order valence-electron chi connectivity index (χ4n) is 2.78. The number of amidine groups is 1. The summed E-state index contributed by atoms with van der Waals surface area (Å²) in [4.78, 5) is 21.5. The van der Waals surface area contributed by atoms with Crippen LogP contribution in [0.1, 0.15) is 25.3 Å². The highest BCUT2D eigenvalue weighted by atomic mass is 35.5. The van der Waals surface area contributed by atoms with Gasteiger partial charge in [-0.3, -0.25) is 10.3 Å². The average Bonchev–Trinajstić information content (AvgIpc) is 2.71. The SMILES string of the molecule is CCNC(=O)NC1=Nc2ccccc2N=C(C)C1c1ccc(Cl)cc1. The third-order valence-electron chi connectivity index (χ3n) is 3.89. The molecule has 5 nitrogen and oxygen atoms in total. The van der Waals surface area contributed by atoms with Crippen molar-refractivity contribution in [3.8, 4) is 0 Å². The number of fused-ring (bicyclic) bond motifs is 1. The molecule has 0 aromatic heterocycles. The van der Waals surface area contributed by atoms with E-state index in [1.807, 2.05) is 62.4 Å². The van der Waals surface area contributed by atoms with Gasteiger partial charge in [0, 0.05) is 17.3 Å². The predicted molar refractivity (Wildman–Crippen MR) is 103 cm³/mol. The molecule has 0 fully saturated rings. The number of hydrogen-bond donors (Lipinski definition) is 2. The van der Waals surface area contributed by atoms with Crippen LogP contribution in [0.2, 0.25) is 5.02 Å². The molecule has 1 aliphatic heterocycles. The Kier molecular flexibility index (Phi) is 5.14. The normalized spacial score (nSPS) is 16.2. The minimum atomic E-state index is -0.285. The Morgan fingerprint density at radius 1 is 1.08 bits per heavy atom. The number of benzene rings is 2. The summed E-state index contributed by atoms with van der Waals surface area (Å²) in [7, 11) is 0. The molecule has 1 unspecified atom stereocenters.